The summed E-state index contributed by atoms with van der Waals surface area (Å²) in [5, 5.41) is 0.709. The fraction of sp³-hybridized carbons (Fsp3) is 0.462. The van der Waals surface area contributed by atoms with Crippen LogP contribution in [0.1, 0.15) is 24.7 Å². The fourth-order valence-corrected chi connectivity index (χ4v) is 4.09. The number of alkyl halides is 1. The molecule has 1 aromatic carbocycles. The number of fused-ring (bicyclic) bond motifs is 1. The van der Waals surface area contributed by atoms with Gasteiger partial charge in [-0.1, -0.05) is 17.7 Å². The molecule has 0 radical (unpaired) electrons. The first kappa shape index (κ1) is 12.6. The van der Waals surface area contributed by atoms with E-state index in [0.717, 1.165) is 22.6 Å². The van der Waals surface area contributed by atoms with E-state index < -0.39 is 0 Å². The van der Waals surface area contributed by atoms with E-state index in [9.17, 15) is 0 Å². The molecule has 18 heavy (non-hydrogen) atoms. The highest BCUT2D eigenvalue weighted by molar-refractivity contribution is 7.99. The number of hydrogen-bond acceptors (Lipinski definition) is 2. The molecule has 0 amide bonds. The predicted octanol–water partition coefficient (Wildman–Crippen LogP) is 4.50. The molecule has 2 heterocycles. The van der Waals surface area contributed by atoms with Crippen molar-refractivity contribution < 1.29 is 0 Å². The molecule has 0 aliphatic carbocycles. The van der Waals surface area contributed by atoms with Crippen LogP contribution in [0.25, 0.3) is 11.0 Å². The number of hydrogen-bond donors (Lipinski definition) is 0. The van der Waals surface area contributed by atoms with Crippen molar-refractivity contribution in [3.05, 3.63) is 29.0 Å². The van der Waals surface area contributed by atoms with Crippen LogP contribution in [0.15, 0.2) is 18.2 Å². The summed E-state index contributed by atoms with van der Waals surface area (Å²) in [4.78, 5) is 4.60. The molecule has 2 nitrogen and oxygen atoms in total. The molecular formula is C13H14Cl2N2S. The van der Waals surface area contributed by atoms with Crippen LogP contribution in [-0.4, -0.2) is 21.1 Å². The summed E-state index contributed by atoms with van der Waals surface area (Å²) >= 11 is 14.3. The number of nitrogens with zero attached hydrogens (tertiary/aromatic N) is 2. The van der Waals surface area contributed by atoms with Crippen LogP contribution in [0.3, 0.4) is 0 Å². The molecule has 1 unspecified atom stereocenters. The van der Waals surface area contributed by atoms with Gasteiger partial charge in [0.05, 0.1) is 16.4 Å². The lowest BCUT2D eigenvalue weighted by atomic mass is 10.1. The summed E-state index contributed by atoms with van der Waals surface area (Å²) in [5.41, 5.74) is 2.00. The standard InChI is InChI=1S/C13H14Cl2N2S/c14-7-12-16-13-10(15)4-1-5-11(13)17(12)9-3-2-6-18-8-9/h1,4-5,9H,2-3,6-8H2. The van der Waals surface area contributed by atoms with E-state index in [2.05, 4.69) is 15.6 Å². The minimum absolute atomic E-state index is 0.437. The van der Waals surface area contributed by atoms with Crippen molar-refractivity contribution in [1.29, 1.82) is 0 Å². The molecule has 1 aliphatic heterocycles. The summed E-state index contributed by atoms with van der Waals surface area (Å²) in [6.07, 6.45) is 2.46. The molecule has 1 aliphatic rings. The maximum absolute atomic E-state index is 6.21. The molecule has 1 fully saturated rings. The van der Waals surface area contributed by atoms with E-state index in [4.69, 9.17) is 23.2 Å². The van der Waals surface area contributed by atoms with Gasteiger partial charge in [-0.25, -0.2) is 4.98 Å². The molecule has 0 saturated carbocycles. The smallest absolute Gasteiger partial charge is 0.125 e. The Morgan fingerprint density at radius 2 is 2.33 bits per heavy atom. The second-order valence-electron chi connectivity index (χ2n) is 4.51. The maximum atomic E-state index is 6.21. The molecule has 96 valence electrons. The largest absolute Gasteiger partial charge is 0.323 e. The molecule has 0 N–H and O–H groups in total. The van der Waals surface area contributed by atoms with E-state index >= 15 is 0 Å². The molecule has 1 saturated heterocycles. The molecule has 5 heteroatoms. The minimum atomic E-state index is 0.437. The Labute approximate surface area is 121 Å². The van der Waals surface area contributed by atoms with Gasteiger partial charge in [-0.3, -0.25) is 0 Å². The molecule has 1 aromatic heterocycles. The van der Waals surface area contributed by atoms with Crippen molar-refractivity contribution in [1.82, 2.24) is 9.55 Å². The topological polar surface area (TPSA) is 17.8 Å². The van der Waals surface area contributed by atoms with E-state index in [-0.39, 0.29) is 0 Å². The molecule has 0 bridgehead atoms. The van der Waals surface area contributed by atoms with Crippen molar-refractivity contribution in [3.8, 4) is 0 Å². The average Bonchev–Trinajstić information content (AvgIpc) is 2.80. The highest BCUT2D eigenvalue weighted by Gasteiger charge is 2.21. The van der Waals surface area contributed by atoms with Gasteiger partial charge in [0.1, 0.15) is 11.3 Å². The molecule has 1 atom stereocenters. The van der Waals surface area contributed by atoms with E-state index in [1.54, 1.807) is 0 Å². The monoisotopic (exact) mass is 300 g/mol. The summed E-state index contributed by atoms with van der Waals surface area (Å²) < 4.78 is 2.29. The first-order chi connectivity index (χ1) is 8.81. The van der Waals surface area contributed by atoms with Crippen LogP contribution >= 0.6 is 35.0 Å². The van der Waals surface area contributed by atoms with E-state index in [1.807, 2.05) is 23.9 Å². The Balaban J connectivity index is 2.16. The molecule has 0 spiro atoms. The van der Waals surface area contributed by atoms with E-state index in [1.165, 1.54) is 18.6 Å². The van der Waals surface area contributed by atoms with Crippen molar-refractivity contribution in [3.63, 3.8) is 0 Å². The third kappa shape index (κ3) is 2.13. The number of rotatable bonds is 2. The molecule has 2 aromatic rings. The zero-order valence-electron chi connectivity index (χ0n) is 9.90. The number of benzene rings is 1. The number of imidazole rings is 1. The molecule has 3 rings (SSSR count). The van der Waals surface area contributed by atoms with Crippen LogP contribution in [0.5, 0.6) is 0 Å². The SMILES string of the molecule is ClCc1nc2c(Cl)cccc2n1C1CCCSC1. The van der Waals surface area contributed by atoms with Gasteiger partial charge in [-0.2, -0.15) is 11.8 Å². The number of halogens is 2. The van der Waals surface area contributed by atoms with Gasteiger partial charge >= 0.3 is 0 Å². The van der Waals surface area contributed by atoms with Gasteiger partial charge in [0.15, 0.2) is 0 Å². The van der Waals surface area contributed by atoms with E-state index in [0.29, 0.717) is 16.9 Å². The Morgan fingerprint density at radius 1 is 1.44 bits per heavy atom. The number of thioether (sulfide) groups is 1. The summed E-state index contributed by atoms with van der Waals surface area (Å²) in [5.74, 6) is 3.78. The van der Waals surface area contributed by atoms with Gasteiger partial charge in [-0.05, 0) is 30.7 Å². The van der Waals surface area contributed by atoms with Crippen LogP contribution in [0.4, 0.5) is 0 Å². The summed E-state index contributed by atoms with van der Waals surface area (Å²) in [7, 11) is 0. The lowest BCUT2D eigenvalue weighted by Crippen LogP contribution is -2.17. The minimum Gasteiger partial charge on any atom is -0.323 e. The maximum Gasteiger partial charge on any atom is 0.125 e. The van der Waals surface area contributed by atoms with Gasteiger partial charge in [0, 0.05) is 11.8 Å². The average molecular weight is 301 g/mol. The van der Waals surface area contributed by atoms with Gasteiger partial charge in [-0.15, -0.1) is 11.6 Å². The van der Waals surface area contributed by atoms with Gasteiger partial charge in [0.25, 0.3) is 0 Å². The van der Waals surface area contributed by atoms with Crippen LogP contribution in [0, 0.1) is 0 Å². The first-order valence-electron chi connectivity index (χ1n) is 6.10. The normalized spacial score (nSPS) is 20.4. The zero-order chi connectivity index (χ0) is 12.5. The summed E-state index contributed by atoms with van der Waals surface area (Å²) in [6.45, 7) is 0. The Hall–Kier alpha value is -0.380. The Kier molecular flexibility index (Phi) is 3.73. The van der Waals surface area contributed by atoms with Crippen molar-refractivity contribution in [2.45, 2.75) is 24.8 Å². The second kappa shape index (κ2) is 5.32. The van der Waals surface area contributed by atoms with Crippen LogP contribution < -0.4 is 0 Å². The molecular weight excluding hydrogens is 287 g/mol. The Morgan fingerprint density at radius 3 is 3.06 bits per heavy atom. The third-order valence-corrected chi connectivity index (χ3v) is 5.11. The van der Waals surface area contributed by atoms with Crippen molar-refractivity contribution in [2.24, 2.45) is 0 Å². The zero-order valence-corrected chi connectivity index (χ0v) is 12.2. The highest BCUT2D eigenvalue weighted by Crippen LogP contribution is 2.33. The van der Waals surface area contributed by atoms with Crippen LogP contribution in [-0.2, 0) is 5.88 Å². The fourth-order valence-electron chi connectivity index (χ4n) is 2.56. The second-order valence-corrected chi connectivity index (χ2v) is 6.33. The first-order valence-corrected chi connectivity index (χ1v) is 8.17. The summed E-state index contributed by atoms with van der Waals surface area (Å²) in [6, 6.07) is 6.45. The van der Waals surface area contributed by atoms with Gasteiger partial charge < -0.3 is 4.57 Å². The number of para-hydroxylation sites is 1. The predicted molar refractivity (Wildman–Crippen MR) is 79.9 cm³/mol. The lowest BCUT2D eigenvalue weighted by molar-refractivity contribution is 0.499. The van der Waals surface area contributed by atoms with Crippen molar-refractivity contribution in [2.75, 3.05) is 11.5 Å². The number of aromatic nitrogens is 2. The van der Waals surface area contributed by atoms with Crippen LogP contribution in [0.2, 0.25) is 5.02 Å². The quantitative estimate of drug-likeness (QED) is 0.760. The Bertz CT molecular complexity index is 561. The van der Waals surface area contributed by atoms with Crippen molar-refractivity contribution >= 4 is 46.0 Å². The lowest BCUT2D eigenvalue weighted by Gasteiger charge is -2.24. The third-order valence-electron chi connectivity index (χ3n) is 3.36. The van der Waals surface area contributed by atoms with Gasteiger partial charge in [0.2, 0.25) is 0 Å². The highest BCUT2D eigenvalue weighted by atomic mass is 35.5.